The third kappa shape index (κ3) is 5.12. The molecule has 2 heterocycles. The van der Waals surface area contributed by atoms with Gasteiger partial charge in [0.2, 0.25) is 0 Å². The molecule has 180 valence electrons. The Labute approximate surface area is 205 Å². The standard InChI is InChI=1S/C26H30ClN3O4/c1-28(2)21-10-6-18(7-11-21)23-22(24(31)19-4-8-20(27)9-5-19)25(32)26(33)30(23)13-3-12-29-14-16-34-17-15-29/h4-11,23,31H,3,12-17H2,1-2H3/t23-/m0/s1. The number of halogens is 1. The third-order valence-corrected chi connectivity index (χ3v) is 6.61. The van der Waals surface area contributed by atoms with Crippen LogP contribution in [0.4, 0.5) is 5.69 Å². The third-order valence-electron chi connectivity index (χ3n) is 6.36. The molecule has 0 unspecified atom stereocenters. The number of carbonyl (C=O) groups excluding carboxylic acids is 2. The van der Waals surface area contributed by atoms with Crippen molar-refractivity contribution in [1.29, 1.82) is 0 Å². The number of nitrogens with zero attached hydrogens (tertiary/aromatic N) is 3. The minimum absolute atomic E-state index is 0.108. The van der Waals surface area contributed by atoms with E-state index in [-0.39, 0.29) is 11.3 Å². The van der Waals surface area contributed by atoms with Crippen molar-refractivity contribution >= 4 is 34.7 Å². The SMILES string of the molecule is CN(C)c1ccc([C@H]2C(=C(O)c3ccc(Cl)cc3)C(=O)C(=O)N2CCCN2CCOCC2)cc1. The quantitative estimate of drug-likeness (QED) is 0.369. The lowest BCUT2D eigenvalue weighted by molar-refractivity contribution is -0.140. The summed E-state index contributed by atoms with van der Waals surface area (Å²) in [5.74, 6) is -1.44. The van der Waals surface area contributed by atoms with Crippen molar-refractivity contribution in [2.45, 2.75) is 12.5 Å². The van der Waals surface area contributed by atoms with Crippen LogP contribution in [0.5, 0.6) is 0 Å². The highest BCUT2D eigenvalue weighted by molar-refractivity contribution is 6.46. The van der Waals surface area contributed by atoms with E-state index in [1.54, 1.807) is 29.2 Å². The van der Waals surface area contributed by atoms with Crippen LogP contribution in [0, 0.1) is 0 Å². The number of carbonyl (C=O) groups is 2. The van der Waals surface area contributed by atoms with Crippen LogP contribution in [0.15, 0.2) is 54.1 Å². The zero-order valence-electron chi connectivity index (χ0n) is 19.5. The van der Waals surface area contributed by atoms with Crippen LogP contribution in [0.3, 0.4) is 0 Å². The number of likely N-dealkylation sites (tertiary alicyclic amines) is 1. The molecule has 8 heteroatoms. The van der Waals surface area contributed by atoms with Gasteiger partial charge in [0.1, 0.15) is 5.76 Å². The predicted octanol–water partition coefficient (Wildman–Crippen LogP) is 3.55. The molecule has 2 aliphatic rings. The van der Waals surface area contributed by atoms with Gasteiger partial charge in [-0.2, -0.15) is 0 Å². The van der Waals surface area contributed by atoms with E-state index in [9.17, 15) is 14.7 Å². The van der Waals surface area contributed by atoms with Gasteiger partial charge in [-0.1, -0.05) is 23.7 Å². The molecule has 2 saturated heterocycles. The average molecular weight is 484 g/mol. The van der Waals surface area contributed by atoms with E-state index in [1.165, 1.54) is 0 Å². The van der Waals surface area contributed by atoms with Gasteiger partial charge in [-0.25, -0.2) is 0 Å². The Morgan fingerprint density at radius 2 is 1.68 bits per heavy atom. The van der Waals surface area contributed by atoms with E-state index in [2.05, 4.69) is 4.90 Å². The normalized spacial score (nSPS) is 20.7. The first-order chi connectivity index (χ1) is 16.4. The van der Waals surface area contributed by atoms with Crippen LogP contribution >= 0.6 is 11.6 Å². The molecule has 1 N–H and O–H groups in total. The van der Waals surface area contributed by atoms with Crippen molar-refractivity contribution in [3.05, 3.63) is 70.3 Å². The summed E-state index contributed by atoms with van der Waals surface area (Å²) >= 11 is 5.99. The van der Waals surface area contributed by atoms with Gasteiger partial charge in [-0.05, 0) is 48.4 Å². The molecule has 7 nitrogen and oxygen atoms in total. The lowest BCUT2D eigenvalue weighted by Gasteiger charge is -2.29. The molecule has 2 fully saturated rings. The molecule has 1 atom stereocenters. The molecule has 4 rings (SSSR count). The first-order valence-corrected chi connectivity index (χ1v) is 11.9. The van der Waals surface area contributed by atoms with E-state index < -0.39 is 17.7 Å². The van der Waals surface area contributed by atoms with Crippen LogP contribution in [0.1, 0.15) is 23.6 Å². The Bertz CT molecular complexity index is 1060. The summed E-state index contributed by atoms with van der Waals surface area (Å²) in [4.78, 5) is 32.1. The number of ether oxygens (including phenoxy) is 1. The van der Waals surface area contributed by atoms with Crippen molar-refractivity contribution in [3.63, 3.8) is 0 Å². The number of rotatable bonds is 7. The summed E-state index contributed by atoms with van der Waals surface area (Å²) < 4.78 is 5.41. The van der Waals surface area contributed by atoms with Crippen LogP contribution in [-0.2, 0) is 14.3 Å². The Hall–Kier alpha value is -2.87. The molecule has 2 aromatic carbocycles. The maximum absolute atomic E-state index is 13.2. The molecule has 1 amide bonds. The van der Waals surface area contributed by atoms with Gasteiger partial charge < -0.3 is 19.6 Å². The number of aliphatic hydroxyl groups is 1. The smallest absolute Gasteiger partial charge is 0.295 e. The highest BCUT2D eigenvalue weighted by Crippen LogP contribution is 2.40. The number of hydrogen-bond acceptors (Lipinski definition) is 6. The van der Waals surface area contributed by atoms with Gasteiger partial charge >= 0.3 is 0 Å². The largest absolute Gasteiger partial charge is 0.507 e. The number of anilines is 1. The van der Waals surface area contributed by atoms with Crippen LogP contribution < -0.4 is 4.90 Å². The molecule has 0 bridgehead atoms. The second kappa shape index (κ2) is 10.6. The van der Waals surface area contributed by atoms with E-state index in [1.807, 2.05) is 43.3 Å². The van der Waals surface area contributed by atoms with Crippen molar-refractivity contribution < 1.29 is 19.4 Å². The first-order valence-electron chi connectivity index (χ1n) is 11.5. The summed E-state index contributed by atoms with van der Waals surface area (Å²) in [5, 5.41) is 11.7. The Morgan fingerprint density at radius 3 is 2.29 bits per heavy atom. The molecule has 34 heavy (non-hydrogen) atoms. The Balaban J connectivity index is 1.67. The molecule has 0 aliphatic carbocycles. The Morgan fingerprint density at radius 1 is 1.03 bits per heavy atom. The van der Waals surface area contributed by atoms with Crippen molar-refractivity contribution in [2.24, 2.45) is 0 Å². The number of benzene rings is 2. The van der Waals surface area contributed by atoms with E-state index in [0.29, 0.717) is 30.3 Å². The maximum atomic E-state index is 13.2. The molecular weight excluding hydrogens is 454 g/mol. The zero-order chi connectivity index (χ0) is 24.2. The van der Waals surface area contributed by atoms with Crippen molar-refractivity contribution in [3.8, 4) is 0 Å². The summed E-state index contributed by atoms with van der Waals surface area (Å²) in [6.45, 7) is 4.39. The molecule has 0 aromatic heterocycles. The van der Waals surface area contributed by atoms with Crippen molar-refractivity contribution in [2.75, 3.05) is 58.4 Å². The molecular formula is C26H30ClN3O4. The second-order valence-corrected chi connectivity index (χ2v) is 9.23. The minimum atomic E-state index is -0.666. The average Bonchev–Trinajstić information content (AvgIpc) is 3.10. The highest BCUT2D eigenvalue weighted by Gasteiger charge is 2.45. The highest BCUT2D eigenvalue weighted by atomic mass is 35.5. The van der Waals surface area contributed by atoms with Gasteiger partial charge in [0.15, 0.2) is 0 Å². The van der Waals surface area contributed by atoms with Crippen LogP contribution in [0.2, 0.25) is 5.02 Å². The second-order valence-electron chi connectivity index (χ2n) is 8.79. The fourth-order valence-corrected chi connectivity index (χ4v) is 4.59. The first kappa shape index (κ1) is 24.3. The number of ketones is 1. The topological polar surface area (TPSA) is 73.3 Å². The summed E-state index contributed by atoms with van der Waals surface area (Å²) in [6.07, 6.45) is 0.723. The molecule has 2 aliphatic heterocycles. The van der Waals surface area contributed by atoms with E-state index in [4.69, 9.17) is 16.3 Å². The monoisotopic (exact) mass is 483 g/mol. The maximum Gasteiger partial charge on any atom is 0.295 e. The van der Waals surface area contributed by atoms with Crippen LogP contribution in [0.25, 0.3) is 5.76 Å². The van der Waals surface area contributed by atoms with E-state index >= 15 is 0 Å². The molecule has 0 radical (unpaired) electrons. The number of Topliss-reactive ketones (excluding diaryl/α,β-unsaturated/α-hetero) is 1. The summed E-state index contributed by atoms with van der Waals surface area (Å²) in [7, 11) is 3.90. The number of amides is 1. The fraction of sp³-hybridized carbons (Fsp3) is 0.385. The molecule has 0 saturated carbocycles. The van der Waals surface area contributed by atoms with Gasteiger partial charge in [-0.15, -0.1) is 0 Å². The minimum Gasteiger partial charge on any atom is -0.507 e. The number of aliphatic hydroxyl groups excluding tert-OH is 1. The zero-order valence-corrected chi connectivity index (χ0v) is 20.3. The lowest BCUT2D eigenvalue weighted by Crippen LogP contribution is -2.38. The molecule has 0 spiro atoms. The fourth-order valence-electron chi connectivity index (χ4n) is 4.46. The summed E-state index contributed by atoms with van der Waals surface area (Å²) in [5.41, 5.74) is 2.35. The van der Waals surface area contributed by atoms with Gasteiger partial charge in [0.05, 0.1) is 24.8 Å². The van der Waals surface area contributed by atoms with Crippen LogP contribution in [-0.4, -0.2) is 80.1 Å². The van der Waals surface area contributed by atoms with Gasteiger partial charge in [0, 0.05) is 56.5 Å². The summed E-state index contributed by atoms with van der Waals surface area (Å²) in [6, 6.07) is 13.7. The number of hydrogen-bond donors (Lipinski definition) is 1. The van der Waals surface area contributed by atoms with Gasteiger partial charge in [0.25, 0.3) is 11.7 Å². The predicted molar refractivity (Wildman–Crippen MR) is 133 cm³/mol. The molecule has 2 aromatic rings. The number of morpholine rings is 1. The lowest BCUT2D eigenvalue weighted by atomic mass is 9.95. The van der Waals surface area contributed by atoms with Crippen molar-refractivity contribution in [1.82, 2.24) is 9.80 Å². The Kier molecular flexibility index (Phi) is 7.56. The van der Waals surface area contributed by atoms with Gasteiger partial charge in [-0.3, -0.25) is 14.5 Å². The van der Waals surface area contributed by atoms with E-state index in [0.717, 1.165) is 37.3 Å².